The molecule has 5 rings (SSSR count). The summed E-state index contributed by atoms with van der Waals surface area (Å²) in [5, 5.41) is 11.2. The summed E-state index contributed by atoms with van der Waals surface area (Å²) >= 11 is 0. The Kier molecular flexibility index (Phi) is 4.23. The van der Waals surface area contributed by atoms with E-state index in [2.05, 4.69) is 25.5 Å². The maximum absolute atomic E-state index is 14.8. The Balaban J connectivity index is 1.29. The zero-order valence-electron chi connectivity index (χ0n) is 15.4. The number of anilines is 1. The fourth-order valence-electron chi connectivity index (χ4n) is 4.73. The largest absolute Gasteiger partial charge is 0.367 e. The highest BCUT2D eigenvalue weighted by atomic mass is 19.3. The first kappa shape index (κ1) is 17.5. The number of hydrogen-bond donors (Lipinski definition) is 2. The average molecular weight is 384 g/mol. The fourth-order valence-corrected chi connectivity index (χ4v) is 4.73. The fraction of sp³-hybridized carbons (Fsp3) is 0.450. The van der Waals surface area contributed by atoms with Crippen LogP contribution in [0.25, 0.3) is 11.0 Å². The number of aromatic amines is 1. The van der Waals surface area contributed by atoms with Crippen LogP contribution in [0.15, 0.2) is 42.9 Å². The minimum Gasteiger partial charge on any atom is -0.367 e. The number of nitrogens with zero attached hydrogens (tertiary/aromatic N) is 4. The monoisotopic (exact) mass is 384 g/mol. The van der Waals surface area contributed by atoms with Gasteiger partial charge in [-0.2, -0.15) is 13.9 Å². The van der Waals surface area contributed by atoms with Gasteiger partial charge in [0, 0.05) is 23.7 Å². The molecule has 2 fully saturated rings. The van der Waals surface area contributed by atoms with Gasteiger partial charge in [0.05, 0.1) is 18.1 Å². The molecule has 4 heterocycles. The zero-order chi connectivity index (χ0) is 19.1. The quantitative estimate of drug-likeness (QED) is 0.704. The Morgan fingerprint density at radius 3 is 2.61 bits per heavy atom. The summed E-state index contributed by atoms with van der Waals surface area (Å²) in [5.41, 5.74) is 0.790. The van der Waals surface area contributed by atoms with Crippen LogP contribution in [-0.4, -0.2) is 49.7 Å². The summed E-state index contributed by atoms with van der Waals surface area (Å²) in [7, 11) is 0. The molecule has 2 saturated heterocycles. The van der Waals surface area contributed by atoms with Crippen LogP contribution < -0.4 is 5.32 Å². The first-order chi connectivity index (χ1) is 13.6. The van der Waals surface area contributed by atoms with Crippen molar-refractivity contribution in [1.29, 1.82) is 0 Å². The van der Waals surface area contributed by atoms with Crippen LogP contribution in [0.3, 0.4) is 0 Å². The molecule has 28 heavy (non-hydrogen) atoms. The number of benzene rings is 1. The van der Waals surface area contributed by atoms with Crippen LogP contribution in [0.1, 0.15) is 31.2 Å². The average Bonchev–Trinajstić information content (AvgIpc) is 3.25. The number of halogens is 2. The van der Waals surface area contributed by atoms with Gasteiger partial charge in [-0.25, -0.2) is 9.97 Å². The molecule has 146 valence electrons. The number of piperidine rings is 1. The van der Waals surface area contributed by atoms with Crippen LogP contribution in [-0.2, 0) is 5.92 Å². The van der Waals surface area contributed by atoms with Gasteiger partial charge in [0.2, 0.25) is 0 Å². The number of H-pyrrole nitrogens is 1. The summed E-state index contributed by atoms with van der Waals surface area (Å²) < 4.78 is 29.6. The van der Waals surface area contributed by atoms with Crippen LogP contribution in [0.5, 0.6) is 0 Å². The third kappa shape index (κ3) is 3.11. The van der Waals surface area contributed by atoms with Gasteiger partial charge in [0.25, 0.3) is 5.92 Å². The zero-order valence-corrected chi connectivity index (χ0v) is 15.4. The van der Waals surface area contributed by atoms with Gasteiger partial charge in [0.1, 0.15) is 12.1 Å². The molecule has 2 aliphatic rings. The van der Waals surface area contributed by atoms with E-state index < -0.39 is 5.92 Å². The van der Waals surface area contributed by atoms with Crippen LogP contribution in [0, 0.1) is 0 Å². The van der Waals surface area contributed by atoms with Crippen molar-refractivity contribution >= 4 is 16.9 Å². The second-order valence-corrected chi connectivity index (χ2v) is 7.80. The maximum atomic E-state index is 14.8. The highest BCUT2D eigenvalue weighted by molar-refractivity contribution is 5.85. The van der Waals surface area contributed by atoms with Crippen molar-refractivity contribution in [3.63, 3.8) is 0 Å². The van der Waals surface area contributed by atoms with Crippen molar-refractivity contribution in [2.45, 2.75) is 49.7 Å². The van der Waals surface area contributed by atoms with E-state index in [1.807, 2.05) is 4.90 Å². The Labute approximate surface area is 161 Å². The molecule has 6 nitrogen and oxygen atoms in total. The SMILES string of the molecule is FC(F)(CN1C2CCC1CC(Nc1ncnc3[nH]ncc13)C2)c1ccccc1. The molecule has 0 spiro atoms. The topological polar surface area (TPSA) is 69.7 Å². The van der Waals surface area contributed by atoms with E-state index in [-0.39, 0.29) is 30.2 Å². The predicted octanol–water partition coefficient (Wildman–Crippen LogP) is 3.55. The standard InChI is InChI=1S/C20H22F2N6/c21-20(22,13-4-2-1-3-5-13)11-28-15-6-7-16(28)9-14(8-15)26-18-17-10-25-27-19(17)24-12-23-18/h1-5,10,12,14-16H,6-9,11H2,(H2,23,24,25,26,27). The van der Waals surface area contributed by atoms with E-state index in [4.69, 9.17) is 0 Å². The summed E-state index contributed by atoms with van der Waals surface area (Å²) in [6.07, 6.45) is 6.83. The van der Waals surface area contributed by atoms with Crippen LogP contribution >= 0.6 is 0 Å². The number of nitrogens with one attached hydrogen (secondary N) is 2. The Morgan fingerprint density at radius 2 is 1.86 bits per heavy atom. The van der Waals surface area contributed by atoms with Gasteiger partial charge >= 0.3 is 0 Å². The van der Waals surface area contributed by atoms with Crippen molar-refractivity contribution in [2.24, 2.45) is 0 Å². The van der Waals surface area contributed by atoms with Crippen LogP contribution in [0.4, 0.5) is 14.6 Å². The Morgan fingerprint density at radius 1 is 1.11 bits per heavy atom. The lowest BCUT2D eigenvalue weighted by molar-refractivity contribution is -0.0579. The smallest absolute Gasteiger partial charge is 0.285 e. The van der Waals surface area contributed by atoms with E-state index in [0.717, 1.165) is 36.9 Å². The van der Waals surface area contributed by atoms with Crippen molar-refractivity contribution in [2.75, 3.05) is 11.9 Å². The van der Waals surface area contributed by atoms with Gasteiger partial charge in [-0.05, 0) is 25.7 Å². The minimum absolute atomic E-state index is 0.0954. The maximum Gasteiger partial charge on any atom is 0.285 e. The van der Waals surface area contributed by atoms with Gasteiger partial charge in [-0.1, -0.05) is 30.3 Å². The number of aromatic nitrogens is 4. The van der Waals surface area contributed by atoms with E-state index >= 15 is 0 Å². The molecule has 1 aromatic carbocycles. The molecule has 0 amide bonds. The second kappa shape index (κ2) is 6.77. The molecule has 3 aromatic rings. The molecule has 8 heteroatoms. The number of hydrogen-bond acceptors (Lipinski definition) is 5. The predicted molar refractivity (Wildman–Crippen MR) is 102 cm³/mol. The molecule has 2 unspecified atom stereocenters. The normalized spacial score (nSPS) is 25.3. The summed E-state index contributed by atoms with van der Waals surface area (Å²) in [6, 6.07) is 8.71. The van der Waals surface area contributed by atoms with Crippen molar-refractivity contribution in [1.82, 2.24) is 25.1 Å². The Hall–Kier alpha value is -2.61. The lowest BCUT2D eigenvalue weighted by Gasteiger charge is -2.40. The lowest BCUT2D eigenvalue weighted by Crippen LogP contribution is -2.50. The molecule has 2 aromatic heterocycles. The molecule has 2 bridgehead atoms. The van der Waals surface area contributed by atoms with Gasteiger partial charge in [0.15, 0.2) is 5.65 Å². The summed E-state index contributed by atoms with van der Waals surface area (Å²) in [4.78, 5) is 10.5. The van der Waals surface area contributed by atoms with Gasteiger partial charge in [-0.3, -0.25) is 10.00 Å². The number of fused-ring (bicyclic) bond motifs is 3. The summed E-state index contributed by atoms with van der Waals surface area (Å²) in [6.45, 7) is -0.210. The molecular formula is C20H22F2N6. The molecule has 2 aliphatic heterocycles. The third-order valence-electron chi connectivity index (χ3n) is 6.05. The molecular weight excluding hydrogens is 362 g/mol. The van der Waals surface area contributed by atoms with Crippen LogP contribution in [0.2, 0.25) is 0 Å². The molecule has 0 aliphatic carbocycles. The number of alkyl halides is 2. The first-order valence-corrected chi connectivity index (χ1v) is 9.70. The van der Waals surface area contributed by atoms with E-state index in [1.165, 1.54) is 18.5 Å². The van der Waals surface area contributed by atoms with E-state index in [0.29, 0.717) is 5.65 Å². The van der Waals surface area contributed by atoms with E-state index in [1.54, 1.807) is 24.4 Å². The first-order valence-electron chi connectivity index (χ1n) is 9.70. The minimum atomic E-state index is -2.84. The highest BCUT2D eigenvalue weighted by Gasteiger charge is 2.45. The highest BCUT2D eigenvalue weighted by Crippen LogP contribution is 2.40. The molecule has 2 N–H and O–H groups in total. The van der Waals surface area contributed by atoms with Gasteiger partial charge in [-0.15, -0.1) is 0 Å². The van der Waals surface area contributed by atoms with Crippen molar-refractivity contribution in [3.8, 4) is 0 Å². The molecule has 0 saturated carbocycles. The number of rotatable bonds is 5. The van der Waals surface area contributed by atoms with E-state index in [9.17, 15) is 8.78 Å². The van der Waals surface area contributed by atoms with Crippen molar-refractivity contribution in [3.05, 3.63) is 48.4 Å². The van der Waals surface area contributed by atoms with Gasteiger partial charge < -0.3 is 5.32 Å². The third-order valence-corrected chi connectivity index (χ3v) is 6.05. The molecule has 2 atom stereocenters. The molecule has 0 radical (unpaired) electrons. The second-order valence-electron chi connectivity index (χ2n) is 7.80. The summed E-state index contributed by atoms with van der Waals surface area (Å²) in [5.74, 6) is -2.08. The Bertz CT molecular complexity index is 945. The van der Waals surface area contributed by atoms with Crippen molar-refractivity contribution < 1.29 is 8.78 Å². The lowest BCUT2D eigenvalue weighted by atomic mass is 9.95.